The van der Waals surface area contributed by atoms with Gasteiger partial charge in [-0.25, -0.2) is 0 Å². The number of carbonyl (C=O) groups is 2. The fourth-order valence-electron chi connectivity index (χ4n) is 3.42. The third-order valence-corrected chi connectivity index (χ3v) is 4.77. The summed E-state index contributed by atoms with van der Waals surface area (Å²) < 4.78 is 43.8. The SMILES string of the molecule is CC1(C)Oc2ccc(C#N)cc2C(N2CCCC2=O)=C1CNC(=O)C(F)(F)F. The van der Waals surface area contributed by atoms with Crippen molar-refractivity contribution in [1.82, 2.24) is 10.2 Å². The summed E-state index contributed by atoms with van der Waals surface area (Å²) in [7, 11) is 0. The average molecular weight is 393 g/mol. The molecule has 0 aliphatic carbocycles. The Morgan fingerprint density at radius 2 is 2.11 bits per heavy atom. The lowest BCUT2D eigenvalue weighted by molar-refractivity contribution is -0.173. The number of nitriles is 1. The van der Waals surface area contributed by atoms with Crippen LogP contribution in [0.3, 0.4) is 0 Å². The maximum Gasteiger partial charge on any atom is 0.471 e. The molecule has 9 heteroatoms. The van der Waals surface area contributed by atoms with Gasteiger partial charge in [0.2, 0.25) is 5.91 Å². The molecule has 28 heavy (non-hydrogen) atoms. The first-order chi connectivity index (χ1) is 13.0. The highest BCUT2D eigenvalue weighted by molar-refractivity contribution is 5.92. The number of likely N-dealkylation sites (tertiary alicyclic amines) is 1. The Kier molecular flexibility index (Phi) is 4.83. The maximum atomic E-state index is 12.6. The highest BCUT2D eigenvalue weighted by Crippen LogP contribution is 2.43. The molecule has 0 saturated carbocycles. The van der Waals surface area contributed by atoms with E-state index in [4.69, 9.17) is 4.74 Å². The van der Waals surface area contributed by atoms with Crippen molar-refractivity contribution in [1.29, 1.82) is 5.26 Å². The monoisotopic (exact) mass is 393 g/mol. The molecule has 0 radical (unpaired) electrons. The number of carbonyl (C=O) groups excluding carboxylic acids is 2. The number of nitrogens with zero attached hydrogens (tertiary/aromatic N) is 2. The van der Waals surface area contributed by atoms with Gasteiger partial charge >= 0.3 is 12.1 Å². The van der Waals surface area contributed by atoms with Gasteiger partial charge in [-0.05, 0) is 38.5 Å². The van der Waals surface area contributed by atoms with Gasteiger partial charge in [0.05, 0.1) is 17.3 Å². The molecule has 3 rings (SSSR count). The number of hydrogen-bond acceptors (Lipinski definition) is 4. The number of benzene rings is 1. The van der Waals surface area contributed by atoms with Crippen LogP contribution in [0.5, 0.6) is 5.75 Å². The Morgan fingerprint density at radius 3 is 2.68 bits per heavy atom. The lowest BCUT2D eigenvalue weighted by Gasteiger charge is -2.39. The second-order valence-corrected chi connectivity index (χ2v) is 7.09. The van der Waals surface area contributed by atoms with Crippen LogP contribution < -0.4 is 10.1 Å². The molecular weight excluding hydrogens is 375 g/mol. The molecule has 2 aliphatic heterocycles. The number of amides is 2. The predicted molar refractivity (Wildman–Crippen MR) is 92.8 cm³/mol. The third-order valence-electron chi connectivity index (χ3n) is 4.77. The smallest absolute Gasteiger partial charge is 0.471 e. The summed E-state index contributed by atoms with van der Waals surface area (Å²) in [6.07, 6.45) is -4.09. The second kappa shape index (κ2) is 6.86. The molecule has 1 saturated heterocycles. The minimum Gasteiger partial charge on any atom is -0.483 e. The summed E-state index contributed by atoms with van der Waals surface area (Å²) in [5.74, 6) is -1.82. The topological polar surface area (TPSA) is 82.4 Å². The number of fused-ring (bicyclic) bond motifs is 1. The summed E-state index contributed by atoms with van der Waals surface area (Å²) in [6.45, 7) is 3.27. The molecule has 0 atom stereocenters. The maximum absolute atomic E-state index is 12.6. The first kappa shape index (κ1) is 19.7. The quantitative estimate of drug-likeness (QED) is 0.856. The minimum atomic E-state index is -5.02. The molecule has 2 amide bonds. The summed E-state index contributed by atoms with van der Waals surface area (Å²) in [5, 5.41) is 11.1. The van der Waals surface area contributed by atoms with Crippen LogP contribution in [0.2, 0.25) is 0 Å². The minimum absolute atomic E-state index is 0.166. The molecule has 0 spiro atoms. The zero-order chi connectivity index (χ0) is 20.7. The normalized spacial score (nSPS) is 18.4. The van der Waals surface area contributed by atoms with Crippen LogP contribution in [-0.2, 0) is 9.59 Å². The van der Waals surface area contributed by atoms with E-state index in [1.807, 2.05) is 11.4 Å². The van der Waals surface area contributed by atoms with E-state index in [9.17, 15) is 28.0 Å². The lowest BCUT2D eigenvalue weighted by Crippen LogP contribution is -2.45. The van der Waals surface area contributed by atoms with Gasteiger partial charge in [-0.1, -0.05) is 0 Å². The number of alkyl halides is 3. The molecule has 1 aromatic rings. The average Bonchev–Trinajstić information content (AvgIpc) is 3.03. The van der Waals surface area contributed by atoms with E-state index in [-0.39, 0.29) is 5.91 Å². The lowest BCUT2D eigenvalue weighted by atomic mass is 9.88. The fourth-order valence-corrected chi connectivity index (χ4v) is 3.42. The van der Waals surface area contributed by atoms with Crippen LogP contribution in [0.4, 0.5) is 13.2 Å². The van der Waals surface area contributed by atoms with Crippen molar-refractivity contribution < 1.29 is 27.5 Å². The second-order valence-electron chi connectivity index (χ2n) is 7.09. The van der Waals surface area contributed by atoms with Crippen LogP contribution in [-0.4, -0.2) is 41.6 Å². The van der Waals surface area contributed by atoms with Gasteiger partial charge in [0, 0.05) is 30.6 Å². The van der Waals surface area contributed by atoms with Gasteiger partial charge in [0.1, 0.15) is 11.4 Å². The Labute approximate surface area is 159 Å². The van der Waals surface area contributed by atoms with Crippen LogP contribution >= 0.6 is 0 Å². The fraction of sp³-hybridized carbons (Fsp3) is 0.421. The van der Waals surface area contributed by atoms with E-state index in [2.05, 4.69) is 0 Å². The largest absolute Gasteiger partial charge is 0.483 e. The van der Waals surface area contributed by atoms with Crippen molar-refractivity contribution in [2.24, 2.45) is 0 Å². The summed E-state index contributed by atoms with van der Waals surface area (Å²) in [6, 6.07) is 6.71. The van der Waals surface area contributed by atoms with Gasteiger partial charge < -0.3 is 15.0 Å². The molecule has 1 fully saturated rings. The molecule has 0 bridgehead atoms. The Morgan fingerprint density at radius 1 is 1.39 bits per heavy atom. The van der Waals surface area contributed by atoms with Crippen LogP contribution in [0.25, 0.3) is 5.70 Å². The van der Waals surface area contributed by atoms with Crippen molar-refractivity contribution in [2.45, 2.75) is 38.5 Å². The van der Waals surface area contributed by atoms with E-state index in [1.54, 1.807) is 26.0 Å². The third kappa shape index (κ3) is 3.54. The summed E-state index contributed by atoms with van der Waals surface area (Å²) >= 11 is 0. The highest BCUT2D eigenvalue weighted by atomic mass is 19.4. The van der Waals surface area contributed by atoms with Gasteiger partial charge in [0.25, 0.3) is 0 Å². The highest BCUT2D eigenvalue weighted by Gasteiger charge is 2.42. The van der Waals surface area contributed by atoms with Gasteiger partial charge in [0.15, 0.2) is 0 Å². The van der Waals surface area contributed by atoms with Crippen molar-refractivity contribution in [3.63, 3.8) is 0 Å². The summed E-state index contributed by atoms with van der Waals surface area (Å²) in [4.78, 5) is 25.2. The van der Waals surface area contributed by atoms with Crippen molar-refractivity contribution >= 4 is 17.5 Å². The zero-order valence-corrected chi connectivity index (χ0v) is 15.3. The number of ether oxygens (including phenoxy) is 1. The van der Waals surface area contributed by atoms with Crippen molar-refractivity contribution in [2.75, 3.05) is 13.1 Å². The molecular formula is C19H18F3N3O3. The van der Waals surface area contributed by atoms with Crippen LogP contribution in [0, 0.1) is 11.3 Å². The first-order valence-corrected chi connectivity index (χ1v) is 8.67. The van der Waals surface area contributed by atoms with E-state index in [0.717, 1.165) is 0 Å². The van der Waals surface area contributed by atoms with E-state index >= 15 is 0 Å². The number of rotatable bonds is 3. The standard InChI is InChI=1S/C19H18F3N3O3/c1-18(2)13(10-24-17(27)19(20,21)22)16(25-7-3-4-15(25)26)12-8-11(9-23)5-6-14(12)28-18/h5-6,8H,3-4,7,10H2,1-2H3,(H,24,27). The molecule has 0 aromatic heterocycles. The Bertz CT molecular complexity index is 913. The molecule has 2 heterocycles. The van der Waals surface area contributed by atoms with Crippen molar-refractivity contribution in [3.8, 4) is 11.8 Å². The van der Waals surface area contributed by atoms with Crippen molar-refractivity contribution in [3.05, 3.63) is 34.9 Å². The molecule has 2 aliphatic rings. The van der Waals surface area contributed by atoms with Crippen LogP contribution in [0.1, 0.15) is 37.8 Å². The number of nitrogens with one attached hydrogen (secondary N) is 1. The Hall–Kier alpha value is -3.02. The van der Waals surface area contributed by atoms with Gasteiger partial charge in [-0.3, -0.25) is 9.59 Å². The summed E-state index contributed by atoms with van der Waals surface area (Å²) in [5.41, 5.74) is 0.434. The van der Waals surface area contributed by atoms with E-state index < -0.39 is 24.2 Å². The molecule has 148 valence electrons. The zero-order valence-electron chi connectivity index (χ0n) is 15.3. The van der Waals surface area contributed by atoms with E-state index in [1.165, 1.54) is 11.0 Å². The number of hydrogen-bond donors (Lipinski definition) is 1. The first-order valence-electron chi connectivity index (χ1n) is 8.67. The number of halogens is 3. The van der Waals surface area contributed by atoms with Gasteiger partial charge in [-0.15, -0.1) is 0 Å². The van der Waals surface area contributed by atoms with E-state index in [0.29, 0.717) is 47.5 Å². The molecule has 6 nitrogen and oxygen atoms in total. The molecule has 1 aromatic carbocycles. The van der Waals surface area contributed by atoms with Gasteiger partial charge in [-0.2, -0.15) is 18.4 Å². The molecule has 1 N–H and O–H groups in total. The predicted octanol–water partition coefficient (Wildman–Crippen LogP) is 2.74. The Balaban J connectivity index is 2.14. The van der Waals surface area contributed by atoms with Crippen LogP contribution in [0.15, 0.2) is 23.8 Å². The molecule has 0 unspecified atom stereocenters.